The van der Waals surface area contributed by atoms with Crippen LogP contribution in [-0.2, 0) is 0 Å². The Labute approximate surface area is 85.3 Å². The SMILES string of the molecule is C#CCN1C[C@@H](C)[C@](O)(C#N)C[C@H]1C. The first-order valence-corrected chi connectivity index (χ1v) is 4.84. The second kappa shape index (κ2) is 4.00. The minimum absolute atomic E-state index is 0.0444. The van der Waals surface area contributed by atoms with Crippen LogP contribution in [0.5, 0.6) is 0 Å². The number of piperidine rings is 1. The molecule has 1 N–H and O–H groups in total. The molecule has 0 aromatic carbocycles. The monoisotopic (exact) mass is 192 g/mol. The first-order chi connectivity index (χ1) is 6.53. The molecule has 0 unspecified atom stereocenters. The standard InChI is InChI=1S/C11H16N2O/c1-4-5-13-7-9(2)11(14,8-12)6-10(13)3/h1,9-10,14H,5-7H2,2-3H3/t9-,10-,11-/m1/s1. The van der Waals surface area contributed by atoms with Crippen LogP contribution in [0.1, 0.15) is 20.3 Å². The highest BCUT2D eigenvalue weighted by molar-refractivity contribution is 5.09. The zero-order chi connectivity index (χ0) is 10.8. The predicted octanol–water partition coefficient (Wildman–Crippen LogP) is 0.605. The van der Waals surface area contributed by atoms with Gasteiger partial charge in [-0.3, -0.25) is 4.90 Å². The summed E-state index contributed by atoms with van der Waals surface area (Å²) >= 11 is 0. The molecule has 0 amide bonds. The molecule has 1 aliphatic rings. The Morgan fingerprint density at radius 3 is 2.79 bits per heavy atom. The maximum absolute atomic E-state index is 9.97. The molecular formula is C11H16N2O. The maximum atomic E-state index is 9.97. The predicted molar refractivity (Wildman–Crippen MR) is 54.2 cm³/mol. The highest BCUT2D eigenvalue weighted by Gasteiger charge is 2.42. The molecule has 14 heavy (non-hydrogen) atoms. The van der Waals surface area contributed by atoms with E-state index in [1.54, 1.807) is 0 Å². The topological polar surface area (TPSA) is 47.3 Å². The highest BCUT2D eigenvalue weighted by Crippen LogP contribution is 2.30. The molecule has 3 heteroatoms. The molecule has 1 rings (SSSR count). The largest absolute Gasteiger partial charge is 0.375 e. The number of hydrogen-bond donors (Lipinski definition) is 1. The summed E-state index contributed by atoms with van der Waals surface area (Å²) in [6.45, 7) is 5.16. The van der Waals surface area contributed by atoms with Crippen LogP contribution in [0, 0.1) is 29.6 Å². The molecule has 76 valence electrons. The molecule has 0 aromatic heterocycles. The normalized spacial score (nSPS) is 38.6. The zero-order valence-corrected chi connectivity index (χ0v) is 8.70. The smallest absolute Gasteiger partial charge is 0.156 e. The van der Waals surface area contributed by atoms with Gasteiger partial charge in [-0.15, -0.1) is 6.42 Å². The van der Waals surface area contributed by atoms with Gasteiger partial charge >= 0.3 is 0 Å². The van der Waals surface area contributed by atoms with Gasteiger partial charge in [-0.1, -0.05) is 12.8 Å². The Morgan fingerprint density at radius 1 is 1.64 bits per heavy atom. The number of likely N-dealkylation sites (tertiary alicyclic amines) is 1. The summed E-state index contributed by atoms with van der Waals surface area (Å²) in [7, 11) is 0. The lowest BCUT2D eigenvalue weighted by molar-refractivity contribution is -0.0402. The van der Waals surface area contributed by atoms with Crippen molar-refractivity contribution in [1.82, 2.24) is 4.90 Å². The molecule has 1 aliphatic heterocycles. The molecule has 0 saturated carbocycles. The van der Waals surface area contributed by atoms with Crippen LogP contribution in [0.25, 0.3) is 0 Å². The van der Waals surface area contributed by atoms with Gasteiger partial charge in [0.2, 0.25) is 0 Å². The molecule has 3 nitrogen and oxygen atoms in total. The van der Waals surface area contributed by atoms with Crippen LogP contribution in [-0.4, -0.2) is 34.7 Å². The molecule has 0 radical (unpaired) electrons. The fourth-order valence-corrected chi connectivity index (χ4v) is 1.96. The van der Waals surface area contributed by atoms with E-state index >= 15 is 0 Å². The third-order valence-electron chi connectivity index (χ3n) is 3.04. The minimum atomic E-state index is -1.18. The van der Waals surface area contributed by atoms with Crippen LogP contribution >= 0.6 is 0 Å². The number of nitrogens with zero attached hydrogens (tertiary/aromatic N) is 2. The molecule has 0 aromatic rings. The first-order valence-electron chi connectivity index (χ1n) is 4.84. The summed E-state index contributed by atoms with van der Waals surface area (Å²) in [5, 5.41) is 18.9. The van der Waals surface area contributed by atoms with Crippen molar-refractivity contribution >= 4 is 0 Å². The lowest BCUT2D eigenvalue weighted by Crippen LogP contribution is -2.54. The number of nitriles is 1. The van der Waals surface area contributed by atoms with Crippen molar-refractivity contribution in [3.8, 4) is 18.4 Å². The first kappa shape index (κ1) is 11.0. The lowest BCUT2D eigenvalue weighted by atomic mass is 9.80. The maximum Gasteiger partial charge on any atom is 0.156 e. The van der Waals surface area contributed by atoms with Crippen LogP contribution in [0.4, 0.5) is 0 Å². The lowest BCUT2D eigenvalue weighted by Gasteiger charge is -2.42. The van der Waals surface area contributed by atoms with Crippen LogP contribution in [0.15, 0.2) is 0 Å². The Bertz CT molecular complexity index is 289. The van der Waals surface area contributed by atoms with Crippen molar-refractivity contribution in [2.45, 2.75) is 31.9 Å². The average Bonchev–Trinajstić information content (AvgIpc) is 2.15. The van der Waals surface area contributed by atoms with Gasteiger partial charge in [-0.2, -0.15) is 5.26 Å². The van der Waals surface area contributed by atoms with Crippen molar-refractivity contribution in [2.24, 2.45) is 5.92 Å². The molecule has 1 fully saturated rings. The van der Waals surface area contributed by atoms with Crippen LogP contribution in [0.2, 0.25) is 0 Å². The van der Waals surface area contributed by atoms with E-state index in [9.17, 15) is 5.11 Å². The minimum Gasteiger partial charge on any atom is -0.375 e. The van der Waals surface area contributed by atoms with Crippen molar-refractivity contribution in [1.29, 1.82) is 5.26 Å². The van der Waals surface area contributed by atoms with Crippen molar-refractivity contribution < 1.29 is 5.11 Å². The highest BCUT2D eigenvalue weighted by atomic mass is 16.3. The van der Waals surface area contributed by atoms with Gasteiger partial charge in [-0.25, -0.2) is 0 Å². The van der Waals surface area contributed by atoms with E-state index in [0.717, 1.165) is 0 Å². The van der Waals surface area contributed by atoms with Crippen molar-refractivity contribution in [3.63, 3.8) is 0 Å². The Morgan fingerprint density at radius 2 is 2.29 bits per heavy atom. The van der Waals surface area contributed by atoms with E-state index in [-0.39, 0.29) is 12.0 Å². The Balaban J connectivity index is 2.74. The molecule has 0 aliphatic carbocycles. The average molecular weight is 192 g/mol. The van der Waals surface area contributed by atoms with Gasteiger partial charge in [0.25, 0.3) is 0 Å². The quantitative estimate of drug-likeness (QED) is 0.489. The summed E-state index contributed by atoms with van der Waals surface area (Å²) in [6.07, 6.45) is 5.73. The van der Waals surface area contributed by atoms with E-state index in [1.807, 2.05) is 19.9 Å². The van der Waals surface area contributed by atoms with E-state index < -0.39 is 5.60 Å². The van der Waals surface area contributed by atoms with Gasteiger partial charge in [0.15, 0.2) is 5.60 Å². The third kappa shape index (κ3) is 1.90. The Kier molecular flexibility index (Phi) is 3.16. The van der Waals surface area contributed by atoms with Crippen molar-refractivity contribution in [2.75, 3.05) is 13.1 Å². The Hall–Kier alpha value is -1.03. The summed E-state index contributed by atoms with van der Waals surface area (Å²) in [5.41, 5.74) is -1.18. The number of hydrogen-bond acceptors (Lipinski definition) is 3. The van der Waals surface area contributed by atoms with Crippen molar-refractivity contribution in [3.05, 3.63) is 0 Å². The van der Waals surface area contributed by atoms with Gasteiger partial charge in [0.1, 0.15) is 0 Å². The summed E-state index contributed by atoms with van der Waals surface area (Å²) in [4.78, 5) is 2.12. The third-order valence-corrected chi connectivity index (χ3v) is 3.04. The number of rotatable bonds is 1. The van der Waals surface area contributed by atoms with Gasteiger partial charge < -0.3 is 5.11 Å². The number of aliphatic hydroxyl groups is 1. The summed E-state index contributed by atoms with van der Waals surface area (Å²) < 4.78 is 0. The van der Waals surface area contributed by atoms with E-state index in [0.29, 0.717) is 19.5 Å². The van der Waals surface area contributed by atoms with E-state index in [1.165, 1.54) is 0 Å². The summed E-state index contributed by atoms with van der Waals surface area (Å²) in [6, 6.07) is 2.17. The molecule has 1 heterocycles. The molecule has 0 bridgehead atoms. The fraction of sp³-hybridized carbons (Fsp3) is 0.727. The molecule has 3 atom stereocenters. The fourth-order valence-electron chi connectivity index (χ4n) is 1.96. The van der Waals surface area contributed by atoms with E-state index in [4.69, 9.17) is 11.7 Å². The van der Waals surface area contributed by atoms with Gasteiger partial charge in [0.05, 0.1) is 12.6 Å². The van der Waals surface area contributed by atoms with Crippen LogP contribution in [0.3, 0.4) is 0 Å². The molecule has 1 saturated heterocycles. The second-order valence-electron chi connectivity index (χ2n) is 4.12. The van der Waals surface area contributed by atoms with Gasteiger partial charge in [0, 0.05) is 24.9 Å². The molecular weight excluding hydrogens is 176 g/mol. The summed E-state index contributed by atoms with van der Waals surface area (Å²) in [5.74, 6) is 2.55. The van der Waals surface area contributed by atoms with E-state index in [2.05, 4.69) is 10.8 Å². The van der Waals surface area contributed by atoms with Crippen LogP contribution < -0.4 is 0 Å². The second-order valence-corrected chi connectivity index (χ2v) is 4.12. The number of terminal acetylenes is 1. The zero-order valence-electron chi connectivity index (χ0n) is 8.70. The molecule has 0 spiro atoms. The van der Waals surface area contributed by atoms with Gasteiger partial charge in [-0.05, 0) is 6.92 Å².